The number of aryl methyl sites for hydroxylation is 1. The molecule has 1 aliphatic heterocycles. The number of rotatable bonds is 3. The van der Waals surface area contributed by atoms with E-state index < -0.39 is 0 Å². The van der Waals surface area contributed by atoms with E-state index in [1.54, 1.807) is 6.07 Å². The van der Waals surface area contributed by atoms with E-state index in [0.717, 1.165) is 5.56 Å². The number of amides is 1. The fraction of sp³-hybridized carbons (Fsp3) is 0.412. The number of oxazole rings is 1. The van der Waals surface area contributed by atoms with E-state index in [9.17, 15) is 4.79 Å². The van der Waals surface area contributed by atoms with Crippen LogP contribution in [0.4, 0.5) is 0 Å². The lowest BCUT2D eigenvalue weighted by molar-refractivity contribution is -0.138. The predicted molar refractivity (Wildman–Crippen MR) is 87.4 cm³/mol. The van der Waals surface area contributed by atoms with Gasteiger partial charge in [-0.1, -0.05) is 23.7 Å². The quantitative estimate of drug-likeness (QED) is 0.865. The van der Waals surface area contributed by atoms with E-state index in [1.165, 1.54) is 0 Å². The molecule has 23 heavy (non-hydrogen) atoms. The first-order valence-corrected chi connectivity index (χ1v) is 8.02. The summed E-state index contributed by atoms with van der Waals surface area (Å²) >= 11 is 6.18. The lowest BCUT2D eigenvalue weighted by Gasteiger charge is -2.33. The Kier molecular flexibility index (Phi) is 4.68. The molecule has 1 atom stereocenters. The van der Waals surface area contributed by atoms with Crippen LogP contribution in [0.15, 0.2) is 28.7 Å². The van der Waals surface area contributed by atoms with E-state index in [4.69, 9.17) is 20.8 Å². The van der Waals surface area contributed by atoms with Gasteiger partial charge in [0, 0.05) is 6.54 Å². The largest absolute Gasteiger partial charge is 0.441 e. The van der Waals surface area contributed by atoms with Crippen molar-refractivity contribution < 1.29 is 13.9 Å². The zero-order chi connectivity index (χ0) is 16.4. The highest BCUT2D eigenvalue weighted by molar-refractivity contribution is 6.33. The molecule has 122 valence electrons. The standard InChI is InChI=1S/C17H19ClN2O3/c1-11-10-22-8-7-20(11)16(21)9-15-12(2)23-17(19-15)13-5-3-4-6-14(13)18/h3-6,11H,7-10H2,1-2H3. The SMILES string of the molecule is Cc1oc(-c2ccccc2Cl)nc1CC(=O)N1CCOCC1C. The highest BCUT2D eigenvalue weighted by Gasteiger charge is 2.25. The summed E-state index contributed by atoms with van der Waals surface area (Å²) in [5.74, 6) is 1.14. The number of halogens is 1. The molecule has 0 bridgehead atoms. The number of morpholine rings is 1. The molecule has 1 aromatic carbocycles. The van der Waals surface area contributed by atoms with Crippen LogP contribution in [-0.4, -0.2) is 41.6 Å². The van der Waals surface area contributed by atoms with Gasteiger partial charge in [0.05, 0.1) is 42.0 Å². The zero-order valence-corrected chi connectivity index (χ0v) is 14.0. The molecular formula is C17H19ClN2O3. The second-order valence-electron chi connectivity index (χ2n) is 5.69. The van der Waals surface area contributed by atoms with Gasteiger partial charge in [0.15, 0.2) is 0 Å². The molecule has 0 aliphatic carbocycles. The number of nitrogens with zero attached hydrogens (tertiary/aromatic N) is 2. The Labute approximate surface area is 140 Å². The first-order valence-electron chi connectivity index (χ1n) is 7.64. The predicted octanol–water partition coefficient (Wildman–Crippen LogP) is 3.09. The number of hydrogen-bond donors (Lipinski definition) is 0. The van der Waals surface area contributed by atoms with E-state index >= 15 is 0 Å². The van der Waals surface area contributed by atoms with Crippen molar-refractivity contribution in [3.8, 4) is 11.5 Å². The summed E-state index contributed by atoms with van der Waals surface area (Å²) in [5.41, 5.74) is 1.39. The highest BCUT2D eigenvalue weighted by Crippen LogP contribution is 2.28. The van der Waals surface area contributed by atoms with Crippen molar-refractivity contribution in [3.63, 3.8) is 0 Å². The van der Waals surface area contributed by atoms with E-state index in [2.05, 4.69) is 4.98 Å². The minimum Gasteiger partial charge on any atom is -0.441 e. The zero-order valence-electron chi connectivity index (χ0n) is 13.2. The average molecular weight is 335 g/mol. The van der Waals surface area contributed by atoms with Crippen LogP contribution in [0.3, 0.4) is 0 Å². The van der Waals surface area contributed by atoms with Crippen LogP contribution in [-0.2, 0) is 16.0 Å². The lowest BCUT2D eigenvalue weighted by Crippen LogP contribution is -2.47. The Morgan fingerprint density at radius 1 is 1.43 bits per heavy atom. The van der Waals surface area contributed by atoms with Crippen molar-refractivity contribution in [1.29, 1.82) is 0 Å². The van der Waals surface area contributed by atoms with Crippen molar-refractivity contribution in [2.45, 2.75) is 26.3 Å². The molecule has 0 N–H and O–H groups in total. The van der Waals surface area contributed by atoms with Gasteiger partial charge < -0.3 is 14.1 Å². The van der Waals surface area contributed by atoms with Gasteiger partial charge in [-0.15, -0.1) is 0 Å². The van der Waals surface area contributed by atoms with Crippen molar-refractivity contribution in [3.05, 3.63) is 40.7 Å². The normalized spacial score (nSPS) is 18.2. The molecular weight excluding hydrogens is 316 g/mol. The Bertz CT molecular complexity index is 714. The van der Waals surface area contributed by atoms with Crippen LogP contribution < -0.4 is 0 Å². The molecule has 0 radical (unpaired) electrons. The second-order valence-corrected chi connectivity index (χ2v) is 6.10. The van der Waals surface area contributed by atoms with Crippen molar-refractivity contribution in [2.75, 3.05) is 19.8 Å². The molecule has 5 nitrogen and oxygen atoms in total. The Morgan fingerprint density at radius 2 is 2.22 bits per heavy atom. The lowest BCUT2D eigenvalue weighted by atomic mass is 10.2. The smallest absolute Gasteiger partial charge is 0.229 e. The first kappa shape index (κ1) is 16.0. The molecule has 1 fully saturated rings. The number of aromatic nitrogens is 1. The van der Waals surface area contributed by atoms with Crippen LogP contribution in [0.5, 0.6) is 0 Å². The number of carbonyl (C=O) groups is 1. The summed E-state index contributed by atoms with van der Waals surface area (Å²) in [4.78, 5) is 18.8. The maximum atomic E-state index is 12.5. The fourth-order valence-electron chi connectivity index (χ4n) is 2.68. The summed E-state index contributed by atoms with van der Waals surface area (Å²) in [6, 6.07) is 7.46. The van der Waals surface area contributed by atoms with Gasteiger partial charge in [-0.05, 0) is 26.0 Å². The van der Waals surface area contributed by atoms with Gasteiger partial charge in [0.2, 0.25) is 11.8 Å². The van der Waals surface area contributed by atoms with Gasteiger partial charge >= 0.3 is 0 Å². The summed E-state index contributed by atoms with van der Waals surface area (Å²) in [5, 5.41) is 0.577. The van der Waals surface area contributed by atoms with Crippen LogP contribution in [0.25, 0.3) is 11.5 Å². The average Bonchev–Trinajstić information content (AvgIpc) is 2.89. The monoisotopic (exact) mass is 334 g/mol. The number of benzene rings is 1. The molecule has 1 saturated heterocycles. The molecule has 3 rings (SSSR count). The van der Waals surface area contributed by atoms with Gasteiger partial charge in [-0.2, -0.15) is 0 Å². The highest BCUT2D eigenvalue weighted by atomic mass is 35.5. The summed E-state index contributed by atoms with van der Waals surface area (Å²) < 4.78 is 11.1. The third kappa shape index (κ3) is 3.41. The summed E-state index contributed by atoms with van der Waals surface area (Å²) in [7, 11) is 0. The maximum absolute atomic E-state index is 12.5. The van der Waals surface area contributed by atoms with Crippen molar-refractivity contribution in [2.24, 2.45) is 0 Å². The third-order valence-electron chi connectivity index (χ3n) is 4.00. The Balaban J connectivity index is 1.79. The fourth-order valence-corrected chi connectivity index (χ4v) is 2.90. The number of hydrogen-bond acceptors (Lipinski definition) is 4. The molecule has 1 unspecified atom stereocenters. The van der Waals surface area contributed by atoms with Crippen molar-refractivity contribution in [1.82, 2.24) is 9.88 Å². The minimum absolute atomic E-state index is 0.0444. The summed E-state index contributed by atoms with van der Waals surface area (Å²) in [6.45, 7) is 5.59. The number of carbonyl (C=O) groups excluding carboxylic acids is 1. The molecule has 1 aliphatic rings. The first-order chi connectivity index (χ1) is 11.1. The van der Waals surface area contributed by atoms with Crippen LogP contribution in [0, 0.1) is 6.92 Å². The molecule has 0 spiro atoms. The van der Waals surface area contributed by atoms with Crippen LogP contribution >= 0.6 is 11.6 Å². The van der Waals surface area contributed by atoms with Gasteiger partial charge in [-0.25, -0.2) is 4.98 Å². The van der Waals surface area contributed by atoms with E-state index in [-0.39, 0.29) is 18.4 Å². The van der Waals surface area contributed by atoms with Crippen LogP contribution in [0.1, 0.15) is 18.4 Å². The molecule has 1 aromatic heterocycles. The molecule has 6 heteroatoms. The maximum Gasteiger partial charge on any atom is 0.229 e. The molecule has 2 aromatic rings. The number of ether oxygens (including phenoxy) is 1. The minimum atomic E-state index is 0.0444. The Morgan fingerprint density at radius 3 is 2.96 bits per heavy atom. The van der Waals surface area contributed by atoms with Crippen molar-refractivity contribution >= 4 is 17.5 Å². The van der Waals surface area contributed by atoms with Gasteiger partial charge in [0.1, 0.15) is 5.76 Å². The molecule has 1 amide bonds. The van der Waals surface area contributed by atoms with Gasteiger partial charge in [-0.3, -0.25) is 4.79 Å². The molecule has 0 saturated carbocycles. The van der Waals surface area contributed by atoms with E-state index in [0.29, 0.717) is 42.1 Å². The Hall–Kier alpha value is -1.85. The summed E-state index contributed by atoms with van der Waals surface area (Å²) in [6.07, 6.45) is 0.226. The van der Waals surface area contributed by atoms with Gasteiger partial charge in [0.25, 0.3) is 0 Å². The van der Waals surface area contributed by atoms with Crippen LogP contribution in [0.2, 0.25) is 5.02 Å². The third-order valence-corrected chi connectivity index (χ3v) is 4.33. The van der Waals surface area contributed by atoms with E-state index in [1.807, 2.05) is 36.9 Å². The second kappa shape index (κ2) is 6.72. The molecule has 2 heterocycles. The topological polar surface area (TPSA) is 55.6 Å².